The molecule has 1 aromatic carbocycles. The van der Waals surface area contributed by atoms with Crippen molar-refractivity contribution in [1.29, 1.82) is 0 Å². The van der Waals surface area contributed by atoms with Gasteiger partial charge in [0.25, 0.3) is 0 Å². The average Bonchev–Trinajstić information content (AvgIpc) is 2.44. The number of benzene rings is 1. The minimum atomic E-state index is -0.966. The lowest BCUT2D eigenvalue weighted by atomic mass is 9.87. The van der Waals surface area contributed by atoms with Crippen LogP contribution in [-0.2, 0) is 9.59 Å². The van der Waals surface area contributed by atoms with Crippen LogP contribution in [-0.4, -0.2) is 23.5 Å². The smallest absolute Gasteiger partial charge is 0.311 e. The molecule has 0 saturated carbocycles. The largest absolute Gasteiger partial charge is 0.481 e. The molecule has 0 spiro atoms. The molecule has 0 aliphatic carbocycles. The third-order valence-electron chi connectivity index (χ3n) is 3.39. The van der Waals surface area contributed by atoms with Crippen LogP contribution in [0.1, 0.15) is 31.9 Å². The maximum absolute atomic E-state index is 11.9. The number of hydrogen-bond acceptors (Lipinski definition) is 3. The van der Waals surface area contributed by atoms with Crippen LogP contribution in [0.2, 0.25) is 0 Å². The first-order chi connectivity index (χ1) is 8.90. The van der Waals surface area contributed by atoms with Gasteiger partial charge in [0.1, 0.15) is 6.04 Å². The molecule has 0 saturated heterocycles. The van der Waals surface area contributed by atoms with Crippen LogP contribution in [0.25, 0.3) is 0 Å². The van der Waals surface area contributed by atoms with E-state index in [1.165, 1.54) is 0 Å². The minimum Gasteiger partial charge on any atom is -0.481 e. The zero-order valence-electron chi connectivity index (χ0n) is 11.2. The van der Waals surface area contributed by atoms with Gasteiger partial charge < -0.3 is 16.2 Å². The molecule has 0 bridgehead atoms. The summed E-state index contributed by atoms with van der Waals surface area (Å²) in [4.78, 5) is 23.0. The summed E-state index contributed by atoms with van der Waals surface area (Å²) in [5.41, 5.74) is 5.56. The highest BCUT2D eigenvalue weighted by atomic mass is 16.4. The summed E-state index contributed by atoms with van der Waals surface area (Å²) in [6, 6.07) is 8.19. The van der Waals surface area contributed by atoms with Gasteiger partial charge in [-0.1, -0.05) is 37.3 Å². The zero-order chi connectivity index (χ0) is 14.5. The normalized spacial score (nSPS) is 15.3. The van der Waals surface area contributed by atoms with Crippen LogP contribution in [0.15, 0.2) is 30.3 Å². The van der Waals surface area contributed by atoms with Crippen molar-refractivity contribution in [1.82, 2.24) is 5.32 Å². The fourth-order valence-corrected chi connectivity index (χ4v) is 1.56. The van der Waals surface area contributed by atoms with Crippen molar-refractivity contribution in [2.24, 2.45) is 11.1 Å². The molecule has 0 heterocycles. The Morgan fingerprint density at radius 3 is 2.42 bits per heavy atom. The fourth-order valence-electron chi connectivity index (χ4n) is 1.56. The molecule has 0 fully saturated rings. The van der Waals surface area contributed by atoms with E-state index < -0.39 is 17.4 Å². The molecule has 1 aromatic rings. The fraction of sp³-hybridized carbons (Fsp3) is 0.429. The van der Waals surface area contributed by atoms with E-state index in [0.717, 1.165) is 0 Å². The number of hydrogen-bond donors (Lipinski definition) is 3. The van der Waals surface area contributed by atoms with Gasteiger partial charge in [0.05, 0.1) is 5.41 Å². The van der Waals surface area contributed by atoms with Gasteiger partial charge in [-0.05, 0) is 18.9 Å². The van der Waals surface area contributed by atoms with E-state index in [-0.39, 0.29) is 12.5 Å². The molecule has 2 atom stereocenters. The number of carbonyl (C=O) groups is 2. The first-order valence-electron chi connectivity index (χ1n) is 6.22. The quantitative estimate of drug-likeness (QED) is 0.722. The number of amides is 1. The molecule has 0 aliphatic heterocycles. The SMILES string of the molecule is CCC(C)(CNC(=O)[C@H](N)c1ccccc1)C(=O)O. The summed E-state index contributed by atoms with van der Waals surface area (Å²) in [6.07, 6.45) is 0.434. The number of nitrogens with two attached hydrogens (primary N) is 1. The third kappa shape index (κ3) is 3.79. The summed E-state index contributed by atoms with van der Waals surface area (Å²) >= 11 is 0. The number of nitrogens with one attached hydrogen (secondary N) is 1. The Balaban J connectivity index is 2.63. The van der Waals surface area contributed by atoms with Gasteiger partial charge in [0, 0.05) is 6.54 Å². The second kappa shape index (κ2) is 6.33. The first kappa shape index (κ1) is 15.2. The maximum Gasteiger partial charge on any atom is 0.311 e. The zero-order valence-corrected chi connectivity index (χ0v) is 11.2. The molecular weight excluding hydrogens is 244 g/mol. The van der Waals surface area contributed by atoms with Crippen molar-refractivity contribution in [3.63, 3.8) is 0 Å². The lowest BCUT2D eigenvalue weighted by Gasteiger charge is -2.24. The lowest BCUT2D eigenvalue weighted by molar-refractivity contribution is -0.148. The lowest BCUT2D eigenvalue weighted by Crippen LogP contribution is -2.43. The first-order valence-corrected chi connectivity index (χ1v) is 6.22. The number of carbonyl (C=O) groups excluding carboxylic acids is 1. The van der Waals surface area contributed by atoms with E-state index in [1.807, 2.05) is 6.07 Å². The van der Waals surface area contributed by atoms with Gasteiger partial charge in [0.15, 0.2) is 0 Å². The van der Waals surface area contributed by atoms with E-state index in [4.69, 9.17) is 10.8 Å². The number of carboxylic acids is 1. The molecule has 1 rings (SSSR count). The van der Waals surface area contributed by atoms with Crippen LogP contribution in [0.4, 0.5) is 0 Å². The molecule has 0 aromatic heterocycles. The Morgan fingerprint density at radius 2 is 1.95 bits per heavy atom. The van der Waals surface area contributed by atoms with E-state index in [1.54, 1.807) is 38.1 Å². The number of rotatable bonds is 6. The Labute approximate surface area is 112 Å². The molecule has 1 unspecified atom stereocenters. The number of aliphatic carboxylic acids is 1. The monoisotopic (exact) mass is 264 g/mol. The standard InChI is InChI=1S/C14H20N2O3/c1-3-14(2,13(18)19)9-16-12(17)11(15)10-7-5-4-6-8-10/h4-8,11H,3,9,15H2,1-2H3,(H,16,17)(H,18,19)/t11-,14?/m1/s1. The Morgan fingerprint density at radius 1 is 1.37 bits per heavy atom. The van der Waals surface area contributed by atoms with Crippen molar-refractivity contribution in [2.75, 3.05) is 6.54 Å². The molecule has 0 aliphatic rings. The summed E-state index contributed by atoms with van der Waals surface area (Å²) < 4.78 is 0. The molecule has 5 heteroatoms. The average molecular weight is 264 g/mol. The van der Waals surface area contributed by atoms with Gasteiger partial charge in [-0.2, -0.15) is 0 Å². The second-order valence-corrected chi connectivity index (χ2v) is 4.83. The summed E-state index contributed by atoms with van der Waals surface area (Å²) in [5.74, 6) is -1.30. The van der Waals surface area contributed by atoms with E-state index >= 15 is 0 Å². The van der Waals surface area contributed by atoms with Gasteiger partial charge in [0.2, 0.25) is 5.91 Å². The van der Waals surface area contributed by atoms with Crippen LogP contribution >= 0.6 is 0 Å². The molecule has 19 heavy (non-hydrogen) atoms. The van der Waals surface area contributed by atoms with Gasteiger partial charge in [-0.15, -0.1) is 0 Å². The van der Waals surface area contributed by atoms with E-state index in [2.05, 4.69) is 5.32 Å². The van der Waals surface area contributed by atoms with Gasteiger partial charge in [-0.25, -0.2) is 0 Å². The molecular formula is C14H20N2O3. The second-order valence-electron chi connectivity index (χ2n) is 4.83. The summed E-state index contributed by atoms with van der Waals surface area (Å²) in [7, 11) is 0. The molecule has 1 amide bonds. The maximum atomic E-state index is 11.9. The van der Waals surface area contributed by atoms with E-state index in [0.29, 0.717) is 12.0 Å². The Bertz CT molecular complexity index is 447. The molecule has 5 nitrogen and oxygen atoms in total. The summed E-state index contributed by atoms with van der Waals surface area (Å²) in [5, 5.41) is 11.7. The van der Waals surface area contributed by atoms with Crippen LogP contribution in [0, 0.1) is 5.41 Å². The summed E-state index contributed by atoms with van der Waals surface area (Å²) in [6.45, 7) is 3.44. The van der Waals surface area contributed by atoms with Crippen LogP contribution < -0.4 is 11.1 Å². The Kier molecular flexibility index (Phi) is 5.06. The molecule has 4 N–H and O–H groups in total. The molecule has 104 valence electrons. The Hall–Kier alpha value is -1.88. The predicted molar refractivity (Wildman–Crippen MR) is 72.4 cm³/mol. The third-order valence-corrected chi connectivity index (χ3v) is 3.39. The van der Waals surface area contributed by atoms with Crippen molar-refractivity contribution >= 4 is 11.9 Å². The van der Waals surface area contributed by atoms with Crippen molar-refractivity contribution in [3.05, 3.63) is 35.9 Å². The van der Waals surface area contributed by atoms with Gasteiger partial charge >= 0.3 is 5.97 Å². The van der Waals surface area contributed by atoms with E-state index in [9.17, 15) is 9.59 Å². The molecule has 0 radical (unpaired) electrons. The van der Waals surface area contributed by atoms with Crippen molar-refractivity contribution in [2.45, 2.75) is 26.3 Å². The van der Waals surface area contributed by atoms with Crippen LogP contribution in [0.3, 0.4) is 0 Å². The topological polar surface area (TPSA) is 92.4 Å². The van der Waals surface area contributed by atoms with Crippen LogP contribution in [0.5, 0.6) is 0 Å². The number of carboxylic acid groups (broad SMARTS) is 1. The minimum absolute atomic E-state index is 0.0677. The highest BCUT2D eigenvalue weighted by molar-refractivity contribution is 5.84. The van der Waals surface area contributed by atoms with Crippen molar-refractivity contribution < 1.29 is 14.7 Å². The van der Waals surface area contributed by atoms with Crippen molar-refractivity contribution in [3.8, 4) is 0 Å². The predicted octanol–water partition coefficient (Wildman–Crippen LogP) is 1.30. The highest BCUT2D eigenvalue weighted by Crippen LogP contribution is 2.20. The van der Waals surface area contributed by atoms with Gasteiger partial charge in [-0.3, -0.25) is 9.59 Å². The highest BCUT2D eigenvalue weighted by Gasteiger charge is 2.32.